The third kappa shape index (κ3) is 5.23. The Morgan fingerprint density at radius 1 is 0.739 bits per heavy atom. The molecule has 0 heterocycles. The molecule has 2 aromatic carbocycles. The zero-order valence-corrected chi connectivity index (χ0v) is 15.3. The SMILES string of the molecule is CCC(C)CC(Cc1ccc(-c2ccccc2)cc1)C(C)CC. The molecule has 2 rings (SSSR count). The third-order valence-electron chi connectivity index (χ3n) is 5.41. The van der Waals surface area contributed by atoms with Crippen molar-refractivity contribution in [1.29, 1.82) is 0 Å². The van der Waals surface area contributed by atoms with Crippen molar-refractivity contribution >= 4 is 0 Å². The van der Waals surface area contributed by atoms with Gasteiger partial charge in [-0.05, 0) is 47.3 Å². The molecule has 124 valence electrons. The predicted molar refractivity (Wildman–Crippen MR) is 103 cm³/mol. The Hall–Kier alpha value is -1.56. The van der Waals surface area contributed by atoms with E-state index in [9.17, 15) is 0 Å². The van der Waals surface area contributed by atoms with Crippen LogP contribution in [0.1, 0.15) is 52.5 Å². The average Bonchev–Trinajstić information content (AvgIpc) is 2.61. The van der Waals surface area contributed by atoms with Crippen molar-refractivity contribution in [3.05, 3.63) is 60.2 Å². The van der Waals surface area contributed by atoms with E-state index in [0.717, 1.165) is 17.8 Å². The van der Waals surface area contributed by atoms with Gasteiger partial charge in [-0.1, -0.05) is 95.1 Å². The second kappa shape index (κ2) is 8.91. The van der Waals surface area contributed by atoms with Crippen molar-refractivity contribution < 1.29 is 0 Å². The molecule has 0 saturated heterocycles. The summed E-state index contributed by atoms with van der Waals surface area (Å²) in [7, 11) is 0. The molecule has 0 aliphatic carbocycles. The molecule has 23 heavy (non-hydrogen) atoms. The minimum absolute atomic E-state index is 0.803. The van der Waals surface area contributed by atoms with Crippen LogP contribution in [0.5, 0.6) is 0 Å². The summed E-state index contributed by atoms with van der Waals surface area (Å²) in [5.74, 6) is 2.44. The first kappa shape index (κ1) is 17.8. The summed E-state index contributed by atoms with van der Waals surface area (Å²) in [6, 6.07) is 19.9. The molecule has 0 aliphatic rings. The third-order valence-corrected chi connectivity index (χ3v) is 5.41. The van der Waals surface area contributed by atoms with E-state index in [-0.39, 0.29) is 0 Å². The van der Waals surface area contributed by atoms with E-state index >= 15 is 0 Å². The van der Waals surface area contributed by atoms with Crippen LogP contribution in [0.2, 0.25) is 0 Å². The van der Waals surface area contributed by atoms with E-state index in [4.69, 9.17) is 0 Å². The van der Waals surface area contributed by atoms with Gasteiger partial charge in [0.15, 0.2) is 0 Å². The van der Waals surface area contributed by atoms with Crippen LogP contribution in [0, 0.1) is 17.8 Å². The second-order valence-electron chi connectivity index (χ2n) is 7.16. The minimum atomic E-state index is 0.803. The number of hydrogen-bond donors (Lipinski definition) is 0. The van der Waals surface area contributed by atoms with E-state index < -0.39 is 0 Å². The summed E-state index contributed by atoms with van der Waals surface area (Å²) in [5, 5.41) is 0. The Kier molecular flexibility index (Phi) is 6.89. The summed E-state index contributed by atoms with van der Waals surface area (Å²) in [4.78, 5) is 0. The van der Waals surface area contributed by atoms with Crippen molar-refractivity contribution in [2.24, 2.45) is 17.8 Å². The van der Waals surface area contributed by atoms with Gasteiger partial charge in [-0.15, -0.1) is 0 Å². The van der Waals surface area contributed by atoms with Gasteiger partial charge >= 0.3 is 0 Å². The molecular weight excluding hydrogens is 276 g/mol. The highest BCUT2D eigenvalue weighted by Crippen LogP contribution is 2.29. The summed E-state index contributed by atoms with van der Waals surface area (Å²) in [6.07, 6.45) is 5.14. The van der Waals surface area contributed by atoms with Gasteiger partial charge in [-0.25, -0.2) is 0 Å². The first-order chi connectivity index (χ1) is 11.1. The zero-order valence-electron chi connectivity index (χ0n) is 15.3. The maximum Gasteiger partial charge on any atom is -0.0184 e. The molecular formula is C23H32. The fourth-order valence-corrected chi connectivity index (χ4v) is 3.30. The van der Waals surface area contributed by atoms with Gasteiger partial charge in [0.1, 0.15) is 0 Å². The molecule has 3 unspecified atom stereocenters. The molecule has 0 heteroatoms. The van der Waals surface area contributed by atoms with Crippen LogP contribution in [0.25, 0.3) is 11.1 Å². The molecule has 0 N–H and O–H groups in total. The normalized spacial score (nSPS) is 15.1. The Bertz CT molecular complexity index is 552. The van der Waals surface area contributed by atoms with Crippen molar-refractivity contribution in [3.63, 3.8) is 0 Å². The number of benzene rings is 2. The predicted octanol–water partition coefficient (Wildman–Crippen LogP) is 6.99. The molecule has 0 spiro atoms. The first-order valence-electron chi connectivity index (χ1n) is 9.28. The number of rotatable bonds is 8. The Morgan fingerprint density at radius 2 is 1.35 bits per heavy atom. The fraction of sp³-hybridized carbons (Fsp3) is 0.478. The lowest BCUT2D eigenvalue weighted by atomic mass is 9.80. The van der Waals surface area contributed by atoms with Gasteiger partial charge in [-0.2, -0.15) is 0 Å². The maximum absolute atomic E-state index is 2.42. The van der Waals surface area contributed by atoms with E-state index in [1.54, 1.807) is 0 Å². The van der Waals surface area contributed by atoms with Crippen molar-refractivity contribution in [3.8, 4) is 11.1 Å². The van der Waals surface area contributed by atoms with Crippen molar-refractivity contribution in [2.75, 3.05) is 0 Å². The quantitative estimate of drug-likeness (QED) is 0.492. The molecule has 2 aromatic rings. The van der Waals surface area contributed by atoms with Gasteiger partial charge in [-0.3, -0.25) is 0 Å². The zero-order chi connectivity index (χ0) is 16.7. The summed E-state index contributed by atoms with van der Waals surface area (Å²) >= 11 is 0. The average molecular weight is 309 g/mol. The van der Waals surface area contributed by atoms with Crippen LogP contribution in [0.4, 0.5) is 0 Å². The second-order valence-corrected chi connectivity index (χ2v) is 7.16. The van der Waals surface area contributed by atoms with E-state index in [1.165, 1.54) is 42.4 Å². The van der Waals surface area contributed by atoms with Crippen LogP contribution in [-0.4, -0.2) is 0 Å². The van der Waals surface area contributed by atoms with E-state index in [1.807, 2.05) is 0 Å². The minimum Gasteiger partial charge on any atom is -0.0651 e. The van der Waals surface area contributed by atoms with Gasteiger partial charge in [0.05, 0.1) is 0 Å². The van der Waals surface area contributed by atoms with Crippen LogP contribution >= 0.6 is 0 Å². The number of hydrogen-bond acceptors (Lipinski definition) is 0. The Morgan fingerprint density at radius 3 is 1.91 bits per heavy atom. The smallest absolute Gasteiger partial charge is 0.0184 e. The fourth-order valence-electron chi connectivity index (χ4n) is 3.30. The largest absolute Gasteiger partial charge is 0.0651 e. The van der Waals surface area contributed by atoms with Crippen LogP contribution < -0.4 is 0 Å². The highest BCUT2D eigenvalue weighted by atomic mass is 14.2. The van der Waals surface area contributed by atoms with Crippen molar-refractivity contribution in [2.45, 2.75) is 53.4 Å². The topological polar surface area (TPSA) is 0 Å². The monoisotopic (exact) mass is 308 g/mol. The maximum atomic E-state index is 2.42. The molecule has 0 bridgehead atoms. The molecule has 0 fully saturated rings. The Balaban J connectivity index is 2.08. The lowest BCUT2D eigenvalue weighted by Crippen LogP contribution is -2.17. The summed E-state index contributed by atoms with van der Waals surface area (Å²) in [5.41, 5.74) is 4.10. The van der Waals surface area contributed by atoms with E-state index in [0.29, 0.717) is 0 Å². The molecule has 0 aliphatic heterocycles. The van der Waals surface area contributed by atoms with Crippen LogP contribution in [0.15, 0.2) is 54.6 Å². The van der Waals surface area contributed by atoms with Gasteiger partial charge in [0.25, 0.3) is 0 Å². The summed E-state index contributed by atoms with van der Waals surface area (Å²) < 4.78 is 0. The lowest BCUT2D eigenvalue weighted by molar-refractivity contribution is 0.279. The molecule has 0 radical (unpaired) electrons. The standard InChI is InChI=1S/C23H32/c1-5-18(3)16-23(19(4)6-2)17-20-12-14-22(15-13-20)21-10-8-7-9-11-21/h7-15,18-19,23H,5-6,16-17H2,1-4H3. The van der Waals surface area contributed by atoms with Crippen LogP contribution in [-0.2, 0) is 6.42 Å². The molecule has 0 aromatic heterocycles. The molecule has 3 atom stereocenters. The van der Waals surface area contributed by atoms with Gasteiger partial charge in [0, 0.05) is 0 Å². The molecule has 0 saturated carbocycles. The molecule has 0 amide bonds. The molecule has 0 nitrogen and oxygen atoms in total. The van der Waals surface area contributed by atoms with E-state index in [2.05, 4.69) is 82.3 Å². The Labute approximate surface area is 143 Å². The first-order valence-corrected chi connectivity index (χ1v) is 9.28. The van der Waals surface area contributed by atoms with Gasteiger partial charge in [0.2, 0.25) is 0 Å². The van der Waals surface area contributed by atoms with Crippen molar-refractivity contribution in [1.82, 2.24) is 0 Å². The summed E-state index contributed by atoms with van der Waals surface area (Å²) in [6.45, 7) is 9.46. The lowest BCUT2D eigenvalue weighted by Gasteiger charge is -2.26. The highest BCUT2D eigenvalue weighted by molar-refractivity contribution is 5.63. The van der Waals surface area contributed by atoms with Crippen LogP contribution in [0.3, 0.4) is 0 Å². The van der Waals surface area contributed by atoms with Gasteiger partial charge < -0.3 is 0 Å². The highest BCUT2D eigenvalue weighted by Gasteiger charge is 2.18.